The molecule has 3 N–H and O–H groups in total. The Labute approximate surface area is 256 Å². The molecule has 0 unspecified atom stereocenters. The van der Waals surface area contributed by atoms with Crippen molar-refractivity contribution in [1.82, 2.24) is 20.1 Å². The molecule has 1 aliphatic heterocycles. The van der Waals surface area contributed by atoms with Gasteiger partial charge in [0.05, 0.1) is 26.6 Å². The molecule has 0 saturated carbocycles. The summed E-state index contributed by atoms with van der Waals surface area (Å²) in [6.45, 7) is 3.25. The number of halogens is 2. The molecule has 1 saturated heterocycles. The number of nitrogens with one attached hydrogen (secondary N) is 3. The maximum Gasteiger partial charge on any atom is 0.274 e. The van der Waals surface area contributed by atoms with Crippen LogP contribution in [0.3, 0.4) is 0 Å². The summed E-state index contributed by atoms with van der Waals surface area (Å²) in [4.78, 5) is 34.4. The smallest absolute Gasteiger partial charge is 0.274 e. The molecule has 1 aliphatic rings. The highest BCUT2D eigenvalue weighted by Crippen LogP contribution is 2.30. The number of aromatic amines is 1. The summed E-state index contributed by atoms with van der Waals surface area (Å²) in [5, 5.41) is 12.6. The Morgan fingerprint density at radius 1 is 0.844 bits per heavy atom. The van der Waals surface area contributed by atoms with E-state index in [1.54, 1.807) is 36.4 Å². The minimum Gasteiger partial charge on any atom is -0.369 e. The Bertz CT molecular complexity index is 2010. The number of pyridine rings is 1. The molecule has 0 atom stereocenters. The van der Waals surface area contributed by atoms with E-state index < -0.39 is 38.2 Å². The number of likely N-dealkylation sites (N-methyl/N-ethyl adjacent to an activating group) is 1. The number of hydrogen-bond acceptors (Lipinski definition) is 8. The Kier molecular flexibility index (Phi) is 7.99. The summed E-state index contributed by atoms with van der Waals surface area (Å²) in [5.41, 5.74) is 1.77. The van der Waals surface area contributed by atoms with E-state index >= 15 is 0 Å². The number of anilines is 3. The number of carbonyl (C=O) groups is 2. The van der Waals surface area contributed by atoms with Gasteiger partial charge >= 0.3 is 0 Å². The van der Waals surface area contributed by atoms with Crippen LogP contribution in [0.5, 0.6) is 0 Å². The van der Waals surface area contributed by atoms with Gasteiger partial charge in [0, 0.05) is 49.5 Å². The number of piperazine rings is 1. The highest BCUT2D eigenvalue weighted by atomic mass is 32.2. The van der Waals surface area contributed by atoms with Gasteiger partial charge in [-0.15, -0.1) is 0 Å². The number of nitrogens with zero attached hydrogens (tertiary/aromatic N) is 4. The molecule has 5 aromatic rings. The van der Waals surface area contributed by atoms with Gasteiger partial charge in [-0.05, 0) is 67.7 Å². The fourth-order valence-electron chi connectivity index (χ4n) is 5.03. The van der Waals surface area contributed by atoms with Crippen LogP contribution in [0.15, 0.2) is 88.8 Å². The zero-order chi connectivity index (χ0) is 31.7. The third kappa shape index (κ3) is 6.23. The topological polar surface area (TPSA) is 140 Å². The molecule has 11 nitrogen and oxygen atoms in total. The normalized spacial score (nSPS) is 14.0. The minimum absolute atomic E-state index is 0.0163. The Morgan fingerprint density at radius 2 is 1.60 bits per heavy atom. The third-order valence-corrected chi connectivity index (χ3v) is 9.22. The first kappa shape index (κ1) is 29.8. The van der Waals surface area contributed by atoms with E-state index in [1.165, 1.54) is 24.4 Å². The van der Waals surface area contributed by atoms with Crippen LogP contribution in [0.4, 0.5) is 26.0 Å². The average Bonchev–Trinajstić information content (AvgIpc) is 3.43. The van der Waals surface area contributed by atoms with E-state index in [4.69, 9.17) is 0 Å². The molecule has 230 valence electrons. The monoisotopic (exact) mass is 631 g/mol. The van der Waals surface area contributed by atoms with Crippen LogP contribution in [0, 0.1) is 11.6 Å². The summed E-state index contributed by atoms with van der Waals surface area (Å²) in [6, 6.07) is 16.0. The van der Waals surface area contributed by atoms with Gasteiger partial charge in [-0.3, -0.25) is 19.7 Å². The minimum atomic E-state index is -4.31. The first-order valence-electron chi connectivity index (χ1n) is 13.9. The Balaban J connectivity index is 1.32. The standard InChI is InChI=1S/C31H27F2N7O4S/c1-39-10-12-40(13-11-39)21-5-7-24(28(17-21)35-31(42)27-4-2-3-9-34-27)30(41)36-29-25-18-22(6-8-26(25)37-38-29)45(43,44)23-15-19(32)14-20(33)16-23/h2-9,14-18H,10-13H2,1H3,(H,35,42)(H2,36,37,38,41). The lowest BCUT2D eigenvalue weighted by Crippen LogP contribution is -2.44. The van der Waals surface area contributed by atoms with Crippen LogP contribution in [0.1, 0.15) is 20.8 Å². The summed E-state index contributed by atoms with van der Waals surface area (Å²) in [6.07, 6.45) is 1.49. The second-order valence-electron chi connectivity index (χ2n) is 10.5. The lowest BCUT2D eigenvalue weighted by atomic mass is 10.1. The maximum atomic E-state index is 13.8. The quantitative estimate of drug-likeness (QED) is 0.241. The number of sulfone groups is 1. The van der Waals surface area contributed by atoms with Gasteiger partial charge in [-0.25, -0.2) is 17.2 Å². The molecule has 2 amide bonds. The number of benzene rings is 3. The molecule has 0 spiro atoms. The summed E-state index contributed by atoms with van der Waals surface area (Å²) in [7, 11) is -2.27. The zero-order valence-corrected chi connectivity index (χ0v) is 24.7. The molecule has 14 heteroatoms. The number of carbonyl (C=O) groups excluding carboxylic acids is 2. The Hall–Kier alpha value is -5.21. The van der Waals surface area contributed by atoms with Crippen molar-refractivity contribution in [2.45, 2.75) is 9.79 Å². The van der Waals surface area contributed by atoms with Crippen molar-refractivity contribution in [1.29, 1.82) is 0 Å². The van der Waals surface area contributed by atoms with Gasteiger partial charge in [0.15, 0.2) is 5.82 Å². The molecule has 0 radical (unpaired) electrons. The number of fused-ring (bicyclic) bond motifs is 1. The number of hydrogen-bond donors (Lipinski definition) is 3. The molecule has 6 rings (SSSR count). The molecule has 45 heavy (non-hydrogen) atoms. The number of aromatic nitrogens is 3. The number of H-pyrrole nitrogens is 1. The van der Waals surface area contributed by atoms with Crippen molar-refractivity contribution in [3.63, 3.8) is 0 Å². The highest BCUT2D eigenvalue weighted by molar-refractivity contribution is 7.91. The first-order valence-corrected chi connectivity index (χ1v) is 15.4. The van der Waals surface area contributed by atoms with Gasteiger partial charge in [-0.2, -0.15) is 5.10 Å². The Morgan fingerprint density at radius 3 is 2.31 bits per heavy atom. The predicted molar refractivity (Wildman–Crippen MR) is 164 cm³/mol. The molecule has 0 aliphatic carbocycles. The lowest BCUT2D eigenvalue weighted by Gasteiger charge is -2.34. The fraction of sp³-hybridized carbons (Fsp3) is 0.161. The third-order valence-electron chi connectivity index (χ3n) is 7.48. The average molecular weight is 632 g/mol. The van der Waals surface area contributed by atoms with Gasteiger partial charge < -0.3 is 20.4 Å². The SMILES string of the molecule is CN1CCN(c2ccc(C(=O)Nc3n[nH]c4ccc(S(=O)(=O)c5cc(F)cc(F)c5)cc34)c(NC(=O)c3ccccn3)c2)CC1. The second kappa shape index (κ2) is 12.1. The van der Waals surface area contributed by atoms with Crippen LogP contribution in [-0.2, 0) is 9.84 Å². The van der Waals surface area contributed by atoms with Crippen LogP contribution >= 0.6 is 0 Å². The predicted octanol–water partition coefficient (Wildman–Crippen LogP) is 4.33. The van der Waals surface area contributed by atoms with E-state index in [2.05, 4.69) is 35.6 Å². The molecular weight excluding hydrogens is 604 g/mol. The zero-order valence-electron chi connectivity index (χ0n) is 23.9. The van der Waals surface area contributed by atoms with E-state index in [0.29, 0.717) is 11.6 Å². The van der Waals surface area contributed by atoms with Crippen LogP contribution in [0.25, 0.3) is 10.9 Å². The van der Waals surface area contributed by atoms with Gasteiger partial charge in [0.2, 0.25) is 9.84 Å². The summed E-state index contributed by atoms with van der Waals surface area (Å²) in [5.74, 6) is -3.17. The van der Waals surface area contributed by atoms with Gasteiger partial charge in [-0.1, -0.05) is 6.07 Å². The van der Waals surface area contributed by atoms with Crippen molar-refractivity contribution in [2.24, 2.45) is 0 Å². The second-order valence-corrected chi connectivity index (χ2v) is 12.5. The van der Waals surface area contributed by atoms with Crippen LogP contribution < -0.4 is 15.5 Å². The first-order chi connectivity index (χ1) is 21.6. The van der Waals surface area contributed by atoms with E-state index in [9.17, 15) is 26.8 Å². The number of amides is 2. The molecule has 2 aromatic heterocycles. The summed E-state index contributed by atoms with van der Waals surface area (Å²) < 4.78 is 54.0. The molecule has 3 aromatic carbocycles. The summed E-state index contributed by atoms with van der Waals surface area (Å²) >= 11 is 0. The maximum absolute atomic E-state index is 13.8. The van der Waals surface area contributed by atoms with Crippen LogP contribution in [0.2, 0.25) is 0 Å². The number of rotatable bonds is 7. The van der Waals surface area contributed by atoms with Gasteiger partial charge in [0.25, 0.3) is 11.8 Å². The lowest BCUT2D eigenvalue weighted by molar-refractivity contribution is 0.102. The van der Waals surface area contributed by atoms with Gasteiger partial charge in [0.1, 0.15) is 17.3 Å². The molecule has 0 bridgehead atoms. The van der Waals surface area contributed by atoms with Crippen molar-refractivity contribution in [2.75, 3.05) is 48.8 Å². The molecule has 3 heterocycles. The van der Waals surface area contributed by atoms with E-state index in [1.807, 2.05) is 7.05 Å². The largest absolute Gasteiger partial charge is 0.369 e. The molecule has 1 fully saturated rings. The molecular formula is C31H27F2N7O4S. The van der Waals surface area contributed by atoms with Crippen molar-refractivity contribution >= 4 is 49.7 Å². The van der Waals surface area contributed by atoms with Crippen molar-refractivity contribution in [3.05, 3.63) is 102 Å². The fourth-order valence-corrected chi connectivity index (χ4v) is 6.36. The van der Waals surface area contributed by atoms with E-state index in [-0.39, 0.29) is 33.0 Å². The van der Waals surface area contributed by atoms with Crippen molar-refractivity contribution < 1.29 is 26.8 Å². The van der Waals surface area contributed by atoms with Crippen molar-refractivity contribution in [3.8, 4) is 0 Å². The van der Waals surface area contributed by atoms with E-state index in [0.717, 1.165) is 44.0 Å². The highest BCUT2D eigenvalue weighted by Gasteiger charge is 2.24. The van der Waals surface area contributed by atoms with Crippen LogP contribution in [-0.4, -0.2) is 73.5 Å².